The molecule has 0 saturated heterocycles. The summed E-state index contributed by atoms with van der Waals surface area (Å²) in [5.41, 5.74) is 5.10. The minimum Gasteiger partial charge on any atom is -0.480 e. The Morgan fingerprint density at radius 2 is 1.90 bits per heavy atom. The molecule has 0 fully saturated rings. The number of amides is 3. The van der Waals surface area contributed by atoms with Crippen molar-refractivity contribution < 1.29 is 19.5 Å². The summed E-state index contributed by atoms with van der Waals surface area (Å²) in [6.07, 6.45) is 2.21. The van der Waals surface area contributed by atoms with E-state index < -0.39 is 23.9 Å². The van der Waals surface area contributed by atoms with Gasteiger partial charge in [0.05, 0.1) is 0 Å². The Kier molecular flexibility index (Phi) is 8.35. The molecule has 116 valence electrons. The molecule has 7 nitrogen and oxygen atoms in total. The molecule has 0 aliphatic carbocycles. The molecule has 0 bridgehead atoms. The van der Waals surface area contributed by atoms with E-state index in [9.17, 15) is 14.4 Å². The van der Waals surface area contributed by atoms with Gasteiger partial charge in [-0.2, -0.15) is 0 Å². The fraction of sp³-hybridized carbons (Fsp3) is 0.769. The smallest absolute Gasteiger partial charge is 0.326 e. The number of urea groups is 1. The largest absolute Gasteiger partial charge is 0.480 e. The van der Waals surface area contributed by atoms with Crippen molar-refractivity contribution >= 4 is 17.9 Å². The third-order valence-electron chi connectivity index (χ3n) is 3.17. The van der Waals surface area contributed by atoms with E-state index in [4.69, 9.17) is 10.8 Å². The Balaban J connectivity index is 4.77. The first kappa shape index (κ1) is 18.2. The van der Waals surface area contributed by atoms with Gasteiger partial charge in [-0.3, -0.25) is 4.79 Å². The summed E-state index contributed by atoms with van der Waals surface area (Å²) in [5.74, 6) is -1.90. The molecule has 0 aliphatic heterocycles. The molecule has 0 heterocycles. The summed E-state index contributed by atoms with van der Waals surface area (Å²) >= 11 is 0. The molecule has 4 N–H and O–H groups in total. The van der Waals surface area contributed by atoms with E-state index in [1.54, 1.807) is 6.92 Å². The highest BCUT2D eigenvalue weighted by atomic mass is 16.4. The van der Waals surface area contributed by atoms with Crippen molar-refractivity contribution in [1.82, 2.24) is 10.2 Å². The molecule has 0 aromatic rings. The third kappa shape index (κ3) is 6.40. The molecule has 0 saturated carbocycles. The summed E-state index contributed by atoms with van der Waals surface area (Å²) in [5, 5.41) is 11.6. The summed E-state index contributed by atoms with van der Waals surface area (Å²) in [6, 6.07) is -1.53. The van der Waals surface area contributed by atoms with Crippen LogP contribution in [0.3, 0.4) is 0 Å². The maximum Gasteiger partial charge on any atom is 0.326 e. The molecule has 3 amide bonds. The Labute approximate surface area is 119 Å². The predicted molar refractivity (Wildman–Crippen MR) is 75.1 cm³/mol. The number of nitrogens with one attached hydrogen (secondary N) is 1. The topological polar surface area (TPSA) is 113 Å². The number of nitrogens with zero attached hydrogens (tertiary/aromatic N) is 1. The lowest BCUT2D eigenvalue weighted by Crippen LogP contribution is -2.52. The van der Waals surface area contributed by atoms with Crippen LogP contribution >= 0.6 is 0 Å². The number of rotatable bonds is 9. The molecule has 7 heteroatoms. The van der Waals surface area contributed by atoms with Gasteiger partial charge < -0.3 is 21.1 Å². The van der Waals surface area contributed by atoms with Gasteiger partial charge in [0.1, 0.15) is 12.6 Å². The molecular formula is C13H25N3O4. The van der Waals surface area contributed by atoms with E-state index in [1.807, 2.05) is 13.8 Å². The SMILES string of the molecule is CCCCN(CC(N)=O)C(=O)N[C@H](C(=O)O)C(C)CC. The lowest BCUT2D eigenvalue weighted by Gasteiger charge is -2.26. The molecule has 2 atom stereocenters. The van der Waals surface area contributed by atoms with Crippen LogP contribution in [0.1, 0.15) is 40.0 Å². The normalized spacial score (nSPS) is 13.3. The number of carbonyl (C=O) groups is 3. The first-order chi connectivity index (χ1) is 9.33. The number of nitrogens with two attached hydrogens (primary N) is 1. The maximum atomic E-state index is 12.1. The van der Waals surface area contributed by atoms with Gasteiger partial charge in [0.15, 0.2) is 0 Å². The molecule has 0 aromatic heterocycles. The first-order valence-electron chi connectivity index (χ1n) is 6.89. The second-order valence-electron chi connectivity index (χ2n) is 4.89. The zero-order valence-corrected chi connectivity index (χ0v) is 12.4. The van der Waals surface area contributed by atoms with Gasteiger partial charge in [0.2, 0.25) is 5.91 Å². The molecule has 1 unspecified atom stereocenters. The van der Waals surface area contributed by atoms with Crippen molar-refractivity contribution in [2.45, 2.75) is 46.1 Å². The van der Waals surface area contributed by atoms with E-state index in [-0.39, 0.29) is 12.5 Å². The van der Waals surface area contributed by atoms with Crippen molar-refractivity contribution in [3.05, 3.63) is 0 Å². The highest BCUT2D eigenvalue weighted by Crippen LogP contribution is 2.09. The number of carboxylic acid groups (broad SMARTS) is 1. The zero-order chi connectivity index (χ0) is 15.7. The molecule has 0 radical (unpaired) electrons. The summed E-state index contributed by atoms with van der Waals surface area (Å²) in [7, 11) is 0. The van der Waals surface area contributed by atoms with Crippen LogP contribution in [0, 0.1) is 5.92 Å². The fourth-order valence-electron chi connectivity index (χ4n) is 1.70. The highest BCUT2D eigenvalue weighted by molar-refractivity contribution is 5.86. The van der Waals surface area contributed by atoms with Crippen molar-refractivity contribution in [1.29, 1.82) is 0 Å². The average Bonchev–Trinajstić information content (AvgIpc) is 2.38. The Bertz CT molecular complexity index is 347. The number of primary amides is 1. The van der Waals surface area contributed by atoms with Crippen molar-refractivity contribution in [2.75, 3.05) is 13.1 Å². The maximum absolute atomic E-state index is 12.1. The molecule has 20 heavy (non-hydrogen) atoms. The summed E-state index contributed by atoms with van der Waals surface area (Å²) in [4.78, 5) is 35.5. The van der Waals surface area contributed by atoms with Gasteiger partial charge in [0, 0.05) is 6.54 Å². The Morgan fingerprint density at radius 3 is 2.30 bits per heavy atom. The van der Waals surface area contributed by atoms with E-state index in [1.165, 1.54) is 4.90 Å². The number of carboxylic acids is 1. The van der Waals surface area contributed by atoms with Crippen LogP contribution < -0.4 is 11.1 Å². The van der Waals surface area contributed by atoms with Gasteiger partial charge in [-0.25, -0.2) is 9.59 Å². The summed E-state index contributed by atoms with van der Waals surface area (Å²) < 4.78 is 0. The minimum absolute atomic E-state index is 0.196. The zero-order valence-electron chi connectivity index (χ0n) is 12.4. The van der Waals surface area contributed by atoms with Crippen LogP contribution in [-0.4, -0.2) is 47.0 Å². The van der Waals surface area contributed by atoms with E-state index in [0.717, 1.165) is 12.8 Å². The average molecular weight is 287 g/mol. The minimum atomic E-state index is -1.08. The van der Waals surface area contributed by atoms with Gasteiger partial charge in [-0.05, 0) is 12.3 Å². The first-order valence-corrected chi connectivity index (χ1v) is 6.89. The molecule has 0 rings (SSSR count). The monoisotopic (exact) mass is 287 g/mol. The molecular weight excluding hydrogens is 262 g/mol. The second-order valence-corrected chi connectivity index (χ2v) is 4.89. The van der Waals surface area contributed by atoms with Crippen LogP contribution in [0.4, 0.5) is 4.79 Å². The van der Waals surface area contributed by atoms with Crippen LogP contribution in [0.25, 0.3) is 0 Å². The highest BCUT2D eigenvalue weighted by Gasteiger charge is 2.27. The van der Waals surface area contributed by atoms with E-state index in [0.29, 0.717) is 13.0 Å². The van der Waals surface area contributed by atoms with Crippen LogP contribution in [-0.2, 0) is 9.59 Å². The molecule has 0 spiro atoms. The van der Waals surface area contributed by atoms with Crippen LogP contribution in [0.5, 0.6) is 0 Å². The van der Waals surface area contributed by atoms with Gasteiger partial charge in [-0.15, -0.1) is 0 Å². The summed E-state index contributed by atoms with van der Waals surface area (Å²) in [6.45, 7) is 5.73. The Morgan fingerprint density at radius 1 is 1.30 bits per heavy atom. The third-order valence-corrected chi connectivity index (χ3v) is 3.17. The van der Waals surface area contributed by atoms with Crippen molar-refractivity contribution in [3.63, 3.8) is 0 Å². The van der Waals surface area contributed by atoms with E-state index >= 15 is 0 Å². The van der Waals surface area contributed by atoms with E-state index in [2.05, 4.69) is 5.32 Å². The fourth-order valence-corrected chi connectivity index (χ4v) is 1.70. The molecule has 0 aliphatic rings. The lowest BCUT2D eigenvalue weighted by molar-refractivity contribution is -0.140. The number of hydrogen-bond acceptors (Lipinski definition) is 3. The van der Waals surface area contributed by atoms with Crippen molar-refractivity contribution in [2.24, 2.45) is 11.7 Å². The quantitative estimate of drug-likeness (QED) is 0.581. The number of aliphatic carboxylic acids is 1. The van der Waals surface area contributed by atoms with Crippen LogP contribution in [0.2, 0.25) is 0 Å². The molecule has 0 aromatic carbocycles. The standard InChI is InChI=1S/C13H25N3O4/c1-4-6-7-16(8-10(14)17)13(20)15-11(12(18)19)9(3)5-2/h9,11H,4-8H2,1-3H3,(H2,14,17)(H,15,20)(H,18,19)/t9?,11-/m0/s1. The Hall–Kier alpha value is -1.79. The van der Waals surface area contributed by atoms with Gasteiger partial charge >= 0.3 is 12.0 Å². The van der Waals surface area contributed by atoms with Crippen molar-refractivity contribution in [3.8, 4) is 0 Å². The number of unbranched alkanes of at least 4 members (excludes halogenated alkanes) is 1. The second kappa shape index (κ2) is 9.17. The van der Waals surface area contributed by atoms with Crippen LogP contribution in [0.15, 0.2) is 0 Å². The lowest BCUT2D eigenvalue weighted by atomic mass is 9.99. The number of carbonyl (C=O) groups excluding carboxylic acids is 2. The van der Waals surface area contributed by atoms with Gasteiger partial charge in [-0.1, -0.05) is 33.6 Å². The number of hydrogen-bond donors (Lipinski definition) is 3. The predicted octanol–water partition coefficient (Wildman–Crippen LogP) is 0.783. The van der Waals surface area contributed by atoms with Gasteiger partial charge in [0.25, 0.3) is 0 Å².